The predicted molar refractivity (Wildman–Crippen MR) is 130 cm³/mol. The molecule has 8 heteroatoms. The van der Waals surface area contributed by atoms with Crippen molar-refractivity contribution in [1.29, 1.82) is 0 Å². The normalized spacial score (nSPS) is 12.5. The summed E-state index contributed by atoms with van der Waals surface area (Å²) in [6.07, 6.45) is 2.55. The topological polar surface area (TPSA) is 65.2 Å². The smallest absolute Gasteiger partial charge is 0.274 e. The van der Waals surface area contributed by atoms with Gasteiger partial charge in [0, 0.05) is 54.3 Å². The number of nitrogens with zero attached hydrogens (tertiary/aromatic N) is 5. The van der Waals surface area contributed by atoms with Gasteiger partial charge in [-0.2, -0.15) is 21.5 Å². The van der Waals surface area contributed by atoms with Crippen molar-refractivity contribution >= 4 is 17.2 Å². The second-order valence-electron chi connectivity index (χ2n) is 9.37. The van der Waals surface area contributed by atoms with Crippen molar-refractivity contribution in [2.45, 2.75) is 32.7 Å². The highest BCUT2D eigenvalue weighted by Gasteiger charge is 2.35. The maximum atomic E-state index is 13.5. The lowest BCUT2D eigenvalue weighted by Crippen LogP contribution is -2.43. The first kappa shape index (κ1) is 21.5. The molecule has 0 unspecified atom stereocenters. The van der Waals surface area contributed by atoms with Crippen LogP contribution in [0.1, 0.15) is 42.4 Å². The zero-order chi connectivity index (χ0) is 23.5. The number of aromatic nitrogens is 4. The van der Waals surface area contributed by atoms with Crippen molar-refractivity contribution in [3.05, 3.63) is 58.0 Å². The van der Waals surface area contributed by atoms with Gasteiger partial charge in [-0.15, -0.1) is 0 Å². The summed E-state index contributed by atoms with van der Waals surface area (Å²) >= 11 is 1.61. The molecule has 0 N–H and O–H groups in total. The zero-order valence-electron chi connectivity index (χ0n) is 19.7. The third-order valence-electron chi connectivity index (χ3n) is 6.28. The number of thiophene rings is 1. The highest BCUT2D eigenvalue weighted by atomic mass is 32.1. The number of rotatable bonds is 4. The van der Waals surface area contributed by atoms with Crippen LogP contribution in [0.5, 0.6) is 5.75 Å². The van der Waals surface area contributed by atoms with Gasteiger partial charge in [-0.1, -0.05) is 0 Å². The van der Waals surface area contributed by atoms with E-state index in [1.165, 1.54) is 0 Å². The van der Waals surface area contributed by atoms with Gasteiger partial charge in [-0.25, -0.2) is 4.68 Å². The second-order valence-corrected chi connectivity index (χ2v) is 10.1. The maximum Gasteiger partial charge on any atom is 0.274 e. The number of fused-ring (bicyclic) bond motifs is 3. The Hall–Kier alpha value is -3.39. The number of hydrogen-bond acceptors (Lipinski definition) is 5. The molecule has 1 aliphatic rings. The van der Waals surface area contributed by atoms with Gasteiger partial charge in [0.05, 0.1) is 24.2 Å². The lowest BCUT2D eigenvalue weighted by Gasteiger charge is -2.31. The average molecular weight is 462 g/mol. The largest absolute Gasteiger partial charge is 0.496 e. The van der Waals surface area contributed by atoms with E-state index in [2.05, 4.69) is 22.6 Å². The fourth-order valence-electron chi connectivity index (χ4n) is 4.20. The minimum atomic E-state index is -0.309. The van der Waals surface area contributed by atoms with Gasteiger partial charge in [0.2, 0.25) is 0 Å². The fourth-order valence-corrected chi connectivity index (χ4v) is 4.82. The molecule has 0 radical (unpaired) electrons. The van der Waals surface area contributed by atoms with Crippen molar-refractivity contribution in [2.24, 2.45) is 7.05 Å². The average Bonchev–Trinajstić information content (AvgIpc) is 3.55. The highest BCUT2D eigenvalue weighted by Crippen LogP contribution is 2.45. The van der Waals surface area contributed by atoms with Crippen LogP contribution < -0.4 is 4.74 Å². The predicted octanol–water partition coefficient (Wildman–Crippen LogP) is 4.78. The lowest BCUT2D eigenvalue weighted by molar-refractivity contribution is 0.0648. The summed E-state index contributed by atoms with van der Waals surface area (Å²) < 4.78 is 9.42. The second kappa shape index (κ2) is 7.59. The van der Waals surface area contributed by atoms with Crippen LogP contribution in [0.15, 0.2) is 41.2 Å². The Balaban J connectivity index is 1.72. The highest BCUT2D eigenvalue weighted by molar-refractivity contribution is 7.08. The molecule has 0 atom stereocenters. The van der Waals surface area contributed by atoms with E-state index in [1.807, 2.05) is 63.3 Å². The van der Waals surface area contributed by atoms with Crippen LogP contribution in [-0.2, 0) is 13.5 Å². The standard InChI is InChI=1S/C25H27N5O2S/c1-25(2,3)29(5)24(31)22-19-11-15-12-21(32-6)18(20-7-9-28(4)26-20)13-17(15)23(19)30(27-22)16-8-10-33-14-16/h7-10,12-14H,11H2,1-6H3. The Labute approximate surface area is 197 Å². The van der Waals surface area contributed by atoms with Crippen LogP contribution >= 0.6 is 11.3 Å². The lowest BCUT2D eigenvalue weighted by atomic mass is 10.0. The van der Waals surface area contributed by atoms with E-state index in [4.69, 9.17) is 9.84 Å². The van der Waals surface area contributed by atoms with E-state index in [-0.39, 0.29) is 11.4 Å². The van der Waals surface area contributed by atoms with Gasteiger partial charge in [0.1, 0.15) is 5.75 Å². The molecule has 7 nitrogen and oxygen atoms in total. The summed E-state index contributed by atoms with van der Waals surface area (Å²) in [6, 6.07) is 8.19. The quantitative estimate of drug-likeness (QED) is 0.386. The summed E-state index contributed by atoms with van der Waals surface area (Å²) in [4.78, 5) is 15.3. The van der Waals surface area contributed by atoms with Gasteiger partial charge in [0.15, 0.2) is 5.69 Å². The SMILES string of the molecule is COc1cc2c(cc1-c1ccn(C)n1)-c1c(c(C(=O)N(C)C(C)(C)C)nn1-c1ccsc1)C2. The molecule has 1 amide bonds. The Morgan fingerprint density at radius 2 is 1.97 bits per heavy atom. The third-order valence-corrected chi connectivity index (χ3v) is 6.96. The number of hydrogen-bond donors (Lipinski definition) is 0. The number of methoxy groups -OCH3 is 1. The van der Waals surface area contributed by atoms with Crippen LogP contribution in [0.2, 0.25) is 0 Å². The molecule has 0 saturated heterocycles. The molecule has 4 aromatic rings. The Morgan fingerprint density at radius 1 is 1.18 bits per heavy atom. The van der Waals surface area contributed by atoms with Crippen LogP contribution in [-0.4, -0.2) is 50.1 Å². The molecule has 0 aliphatic heterocycles. The van der Waals surface area contributed by atoms with E-state index >= 15 is 0 Å². The number of ether oxygens (including phenoxy) is 1. The Kier molecular flexibility index (Phi) is 4.93. The first-order valence-electron chi connectivity index (χ1n) is 10.8. The first-order valence-corrected chi connectivity index (χ1v) is 11.8. The number of aryl methyl sites for hydroxylation is 1. The molecule has 1 aliphatic carbocycles. The first-order chi connectivity index (χ1) is 15.7. The molecular weight excluding hydrogens is 434 g/mol. The monoisotopic (exact) mass is 461 g/mol. The summed E-state index contributed by atoms with van der Waals surface area (Å²) in [5.74, 6) is 0.699. The van der Waals surface area contributed by atoms with Gasteiger partial charge in [-0.3, -0.25) is 9.48 Å². The van der Waals surface area contributed by atoms with Gasteiger partial charge < -0.3 is 9.64 Å². The van der Waals surface area contributed by atoms with E-state index < -0.39 is 0 Å². The molecule has 0 bridgehead atoms. The van der Waals surface area contributed by atoms with Gasteiger partial charge in [-0.05, 0) is 56.0 Å². The molecule has 3 aromatic heterocycles. The van der Waals surface area contributed by atoms with Gasteiger partial charge >= 0.3 is 0 Å². The van der Waals surface area contributed by atoms with Crippen molar-refractivity contribution in [2.75, 3.05) is 14.2 Å². The molecule has 5 rings (SSSR count). The zero-order valence-corrected chi connectivity index (χ0v) is 20.5. The summed E-state index contributed by atoms with van der Waals surface area (Å²) in [5, 5.41) is 13.5. The van der Waals surface area contributed by atoms with Crippen LogP contribution in [0.25, 0.3) is 28.2 Å². The summed E-state index contributed by atoms with van der Waals surface area (Å²) in [5.41, 5.74) is 7.01. The van der Waals surface area contributed by atoms with Crippen molar-refractivity contribution in [1.82, 2.24) is 24.5 Å². The number of benzene rings is 1. The molecule has 170 valence electrons. The van der Waals surface area contributed by atoms with E-state index in [0.29, 0.717) is 12.1 Å². The number of amides is 1. The molecule has 33 heavy (non-hydrogen) atoms. The van der Waals surface area contributed by atoms with Crippen LogP contribution in [0.4, 0.5) is 0 Å². The minimum Gasteiger partial charge on any atom is -0.496 e. The minimum absolute atomic E-state index is 0.0718. The summed E-state index contributed by atoms with van der Waals surface area (Å²) in [7, 11) is 5.41. The molecule has 0 saturated carbocycles. The van der Waals surface area contributed by atoms with E-state index in [9.17, 15) is 4.79 Å². The molecular formula is C25H27N5O2S. The van der Waals surface area contributed by atoms with Crippen LogP contribution in [0, 0.1) is 0 Å². The number of carbonyl (C=O) groups is 1. The molecule has 0 fully saturated rings. The van der Waals surface area contributed by atoms with E-state index in [1.54, 1.807) is 28.0 Å². The van der Waals surface area contributed by atoms with Crippen molar-refractivity contribution in [3.8, 4) is 34.0 Å². The van der Waals surface area contributed by atoms with Crippen molar-refractivity contribution in [3.63, 3.8) is 0 Å². The molecule has 1 aromatic carbocycles. The van der Waals surface area contributed by atoms with Crippen LogP contribution in [0.3, 0.4) is 0 Å². The van der Waals surface area contributed by atoms with Crippen molar-refractivity contribution < 1.29 is 9.53 Å². The maximum absolute atomic E-state index is 13.5. The molecule has 3 heterocycles. The molecule has 0 spiro atoms. The number of carbonyl (C=O) groups excluding carboxylic acids is 1. The van der Waals surface area contributed by atoms with Gasteiger partial charge in [0.25, 0.3) is 5.91 Å². The fraction of sp³-hybridized carbons (Fsp3) is 0.320. The Morgan fingerprint density at radius 3 is 2.58 bits per heavy atom. The Bertz CT molecular complexity index is 1360. The third kappa shape index (κ3) is 3.45. The summed E-state index contributed by atoms with van der Waals surface area (Å²) in [6.45, 7) is 6.08. The van der Waals surface area contributed by atoms with E-state index in [0.717, 1.165) is 45.1 Å².